The van der Waals surface area contributed by atoms with Crippen molar-refractivity contribution in [2.24, 2.45) is 5.92 Å². The summed E-state index contributed by atoms with van der Waals surface area (Å²) in [6, 6.07) is 8.66. The molecule has 0 radical (unpaired) electrons. The van der Waals surface area contributed by atoms with Gasteiger partial charge in [0, 0.05) is 6.04 Å². The Balaban J connectivity index is 2.01. The van der Waals surface area contributed by atoms with E-state index >= 15 is 0 Å². The van der Waals surface area contributed by atoms with Gasteiger partial charge in [0.2, 0.25) is 10.0 Å². The molecule has 2 rings (SSSR count). The third kappa shape index (κ3) is 4.05. The summed E-state index contributed by atoms with van der Waals surface area (Å²) in [7, 11) is -3.08. The molecule has 1 aliphatic carbocycles. The van der Waals surface area contributed by atoms with E-state index in [1.165, 1.54) is 11.1 Å². The first kappa shape index (κ1) is 14.5. The highest BCUT2D eigenvalue weighted by Crippen LogP contribution is 2.29. The van der Waals surface area contributed by atoms with Crippen molar-refractivity contribution >= 4 is 10.0 Å². The van der Waals surface area contributed by atoms with Gasteiger partial charge in [-0.3, -0.25) is 0 Å². The van der Waals surface area contributed by atoms with Gasteiger partial charge in [0.05, 0.1) is 5.75 Å². The Bertz CT molecular complexity index is 507. The molecule has 0 saturated heterocycles. The summed E-state index contributed by atoms with van der Waals surface area (Å²) in [5.41, 5.74) is 2.57. The van der Waals surface area contributed by atoms with Gasteiger partial charge in [-0.1, -0.05) is 36.2 Å². The summed E-state index contributed by atoms with van der Waals surface area (Å²) < 4.78 is 26.2. The summed E-state index contributed by atoms with van der Waals surface area (Å²) in [5.74, 6) is 0.602. The van der Waals surface area contributed by atoms with Crippen LogP contribution in [0.15, 0.2) is 24.3 Å². The highest BCUT2D eigenvalue weighted by atomic mass is 32.2. The summed E-state index contributed by atoms with van der Waals surface area (Å²) >= 11 is 0. The predicted molar refractivity (Wildman–Crippen MR) is 78.6 cm³/mol. The molecule has 2 unspecified atom stereocenters. The molecule has 1 aromatic rings. The Labute approximate surface area is 116 Å². The van der Waals surface area contributed by atoms with E-state index in [2.05, 4.69) is 35.9 Å². The number of hydrogen-bond acceptors (Lipinski definition) is 2. The Kier molecular flexibility index (Phi) is 4.63. The van der Waals surface area contributed by atoms with Gasteiger partial charge in [0.25, 0.3) is 0 Å². The minimum atomic E-state index is -3.08. The minimum Gasteiger partial charge on any atom is -0.212 e. The number of nitrogens with one attached hydrogen (secondary N) is 1. The zero-order valence-corrected chi connectivity index (χ0v) is 12.5. The summed E-state index contributed by atoms with van der Waals surface area (Å²) in [4.78, 5) is 0. The molecule has 1 N–H and O–H groups in total. The van der Waals surface area contributed by atoms with Crippen LogP contribution < -0.4 is 4.72 Å². The van der Waals surface area contributed by atoms with Crippen molar-refractivity contribution in [3.05, 3.63) is 35.4 Å². The minimum absolute atomic E-state index is 0.117. The maximum Gasteiger partial charge on any atom is 0.211 e. The maximum absolute atomic E-state index is 11.7. The summed E-state index contributed by atoms with van der Waals surface area (Å²) in [5, 5.41) is 0. The standard InChI is InChI=1S/C15H23NO2S/c1-3-19(17,18)16-15-6-4-5-14(15)11-13-9-7-12(2)8-10-13/h7-10,14-16H,3-6,11H2,1-2H3. The van der Waals surface area contributed by atoms with E-state index in [4.69, 9.17) is 0 Å². The molecule has 0 aromatic heterocycles. The zero-order chi connectivity index (χ0) is 13.9. The lowest BCUT2D eigenvalue weighted by Gasteiger charge is -2.20. The van der Waals surface area contributed by atoms with E-state index < -0.39 is 10.0 Å². The zero-order valence-electron chi connectivity index (χ0n) is 11.7. The molecular formula is C15H23NO2S. The molecule has 0 bridgehead atoms. The van der Waals surface area contributed by atoms with Crippen molar-refractivity contribution in [2.45, 2.75) is 45.6 Å². The molecule has 0 heterocycles. The number of benzene rings is 1. The van der Waals surface area contributed by atoms with Gasteiger partial charge in [0.15, 0.2) is 0 Å². The van der Waals surface area contributed by atoms with Crippen molar-refractivity contribution in [3.63, 3.8) is 0 Å². The third-order valence-corrected chi connectivity index (χ3v) is 5.41. The SMILES string of the molecule is CCS(=O)(=O)NC1CCCC1Cc1ccc(C)cc1. The second-order valence-electron chi connectivity index (χ2n) is 5.51. The van der Waals surface area contributed by atoms with Crippen LogP contribution in [-0.2, 0) is 16.4 Å². The topological polar surface area (TPSA) is 46.2 Å². The summed E-state index contributed by atoms with van der Waals surface area (Å²) in [6.45, 7) is 3.77. The highest BCUT2D eigenvalue weighted by Gasteiger charge is 2.29. The largest absolute Gasteiger partial charge is 0.212 e. The van der Waals surface area contributed by atoms with E-state index in [0.29, 0.717) is 5.92 Å². The Morgan fingerprint density at radius 3 is 2.53 bits per heavy atom. The number of sulfonamides is 1. The normalized spacial score (nSPS) is 23.7. The lowest BCUT2D eigenvalue weighted by atomic mass is 9.95. The molecule has 0 aliphatic heterocycles. The van der Waals surface area contributed by atoms with Crippen molar-refractivity contribution in [1.82, 2.24) is 4.72 Å². The number of hydrogen-bond donors (Lipinski definition) is 1. The lowest BCUT2D eigenvalue weighted by Crippen LogP contribution is -2.38. The molecule has 1 aromatic carbocycles. The monoisotopic (exact) mass is 281 g/mol. The number of aryl methyl sites for hydroxylation is 1. The lowest BCUT2D eigenvalue weighted by molar-refractivity contribution is 0.442. The Morgan fingerprint density at radius 2 is 1.89 bits per heavy atom. The van der Waals surface area contributed by atoms with Crippen LogP contribution in [0.25, 0.3) is 0 Å². The fourth-order valence-electron chi connectivity index (χ4n) is 2.78. The molecule has 1 fully saturated rings. The molecule has 1 saturated carbocycles. The molecule has 2 atom stereocenters. The Morgan fingerprint density at radius 1 is 1.21 bits per heavy atom. The predicted octanol–water partition coefficient (Wildman–Crippen LogP) is 2.65. The van der Waals surface area contributed by atoms with Crippen molar-refractivity contribution in [1.29, 1.82) is 0 Å². The fraction of sp³-hybridized carbons (Fsp3) is 0.600. The molecule has 0 spiro atoms. The second kappa shape index (κ2) is 6.06. The van der Waals surface area contributed by atoms with Crippen LogP contribution in [0.1, 0.15) is 37.3 Å². The highest BCUT2D eigenvalue weighted by molar-refractivity contribution is 7.89. The van der Waals surface area contributed by atoms with E-state index in [1.54, 1.807) is 6.92 Å². The van der Waals surface area contributed by atoms with Gasteiger partial charge in [-0.15, -0.1) is 0 Å². The first-order valence-corrected chi connectivity index (χ1v) is 8.71. The van der Waals surface area contributed by atoms with Crippen molar-refractivity contribution in [2.75, 3.05) is 5.75 Å². The van der Waals surface area contributed by atoms with Gasteiger partial charge < -0.3 is 0 Å². The molecule has 4 heteroatoms. The third-order valence-electron chi connectivity index (χ3n) is 3.99. The molecular weight excluding hydrogens is 258 g/mol. The van der Waals surface area contributed by atoms with Gasteiger partial charge in [-0.05, 0) is 44.6 Å². The molecule has 0 amide bonds. The van der Waals surface area contributed by atoms with E-state index in [0.717, 1.165) is 25.7 Å². The van der Waals surface area contributed by atoms with Crippen LogP contribution in [0, 0.1) is 12.8 Å². The number of rotatable bonds is 5. The first-order valence-electron chi connectivity index (χ1n) is 7.05. The van der Waals surface area contributed by atoms with Gasteiger partial charge in [-0.2, -0.15) is 0 Å². The van der Waals surface area contributed by atoms with E-state index in [1.807, 2.05) is 0 Å². The van der Waals surface area contributed by atoms with Crippen LogP contribution in [0.2, 0.25) is 0 Å². The van der Waals surface area contributed by atoms with Gasteiger partial charge in [0.1, 0.15) is 0 Å². The average Bonchev–Trinajstić information content (AvgIpc) is 2.79. The van der Waals surface area contributed by atoms with Crippen LogP contribution in [0.3, 0.4) is 0 Å². The fourth-order valence-corrected chi connectivity index (χ4v) is 3.72. The molecule has 3 nitrogen and oxygen atoms in total. The quantitative estimate of drug-likeness (QED) is 0.902. The van der Waals surface area contributed by atoms with Gasteiger partial charge in [-0.25, -0.2) is 13.1 Å². The Hall–Kier alpha value is -0.870. The summed E-state index contributed by atoms with van der Waals surface area (Å²) in [6.07, 6.45) is 4.17. The van der Waals surface area contributed by atoms with Crippen LogP contribution in [0.4, 0.5) is 0 Å². The van der Waals surface area contributed by atoms with E-state index in [9.17, 15) is 8.42 Å². The second-order valence-corrected chi connectivity index (χ2v) is 7.55. The van der Waals surface area contributed by atoms with Crippen molar-refractivity contribution in [3.8, 4) is 0 Å². The molecule has 19 heavy (non-hydrogen) atoms. The molecule has 106 valence electrons. The maximum atomic E-state index is 11.7. The first-order chi connectivity index (χ1) is 9.00. The van der Waals surface area contributed by atoms with Crippen LogP contribution >= 0.6 is 0 Å². The van der Waals surface area contributed by atoms with Crippen LogP contribution in [0.5, 0.6) is 0 Å². The average molecular weight is 281 g/mol. The van der Waals surface area contributed by atoms with Gasteiger partial charge >= 0.3 is 0 Å². The van der Waals surface area contributed by atoms with E-state index in [-0.39, 0.29) is 11.8 Å². The molecule has 1 aliphatic rings. The van der Waals surface area contributed by atoms with Crippen molar-refractivity contribution < 1.29 is 8.42 Å². The van der Waals surface area contributed by atoms with Crippen LogP contribution in [-0.4, -0.2) is 20.2 Å². The smallest absolute Gasteiger partial charge is 0.211 e.